The van der Waals surface area contributed by atoms with Crippen LogP contribution in [0.2, 0.25) is 0 Å². The first-order valence-corrected chi connectivity index (χ1v) is 3.66. The lowest BCUT2D eigenvalue weighted by Crippen LogP contribution is -2.14. The third-order valence-corrected chi connectivity index (χ3v) is 1.29. The van der Waals surface area contributed by atoms with Crippen LogP contribution in [0.4, 0.5) is 0 Å². The van der Waals surface area contributed by atoms with E-state index >= 15 is 0 Å². The maximum Gasteiger partial charge on any atom is 0.0131 e. The van der Waals surface area contributed by atoms with Crippen LogP contribution in [-0.4, -0.2) is 0 Å². The highest BCUT2D eigenvalue weighted by molar-refractivity contribution is 5.07. The predicted molar refractivity (Wildman–Crippen MR) is 46.5 cm³/mol. The van der Waals surface area contributed by atoms with Crippen molar-refractivity contribution in [3.8, 4) is 0 Å². The minimum atomic E-state index is 0.557. The molecule has 0 fully saturated rings. The summed E-state index contributed by atoms with van der Waals surface area (Å²) in [7, 11) is 0. The molecule has 0 aliphatic heterocycles. The molecule has 0 amide bonds. The molecule has 0 aliphatic rings. The van der Waals surface area contributed by atoms with Gasteiger partial charge < -0.3 is 5.32 Å². The van der Waals surface area contributed by atoms with E-state index < -0.39 is 0 Å². The minimum absolute atomic E-state index is 0.557. The van der Waals surface area contributed by atoms with Crippen LogP contribution in [0.1, 0.15) is 27.7 Å². The number of hydrogen-bond acceptors (Lipinski definition) is 1. The molecule has 0 heterocycles. The molecule has 58 valence electrons. The molecule has 0 radical (unpaired) electrons. The molecular formula is C9H17N. The first-order chi connectivity index (χ1) is 4.57. The number of hydrogen-bond donors (Lipinski definition) is 1. The zero-order chi connectivity index (χ0) is 8.15. The molecule has 0 saturated heterocycles. The summed E-state index contributed by atoms with van der Waals surface area (Å²) in [5.74, 6) is 0.557. The molecule has 1 N–H and O–H groups in total. The van der Waals surface area contributed by atoms with Crippen LogP contribution < -0.4 is 5.32 Å². The Bertz CT molecular complexity index is 143. The van der Waals surface area contributed by atoms with Crippen LogP contribution in [0.25, 0.3) is 0 Å². The van der Waals surface area contributed by atoms with Crippen molar-refractivity contribution in [2.75, 3.05) is 0 Å². The molecule has 10 heavy (non-hydrogen) atoms. The highest BCUT2D eigenvalue weighted by Gasteiger charge is 1.99. The van der Waals surface area contributed by atoms with Gasteiger partial charge in [-0.25, -0.2) is 0 Å². The summed E-state index contributed by atoms with van der Waals surface area (Å²) in [5.41, 5.74) is 2.24. The van der Waals surface area contributed by atoms with Crippen molar-refractivity contribution >= 4 is 0 Å². The fourth-order valence-corrected chi connectivity index (χ4v) is 0.796. The number of rotatable bonds is 3. The van der Waals surface area contributed by atoms with Crippen molar-refractivity contribution in [1.82, 2.24) is 5.32 Å². The maximum absolute atomic E-state index is 3.77. The van der Waals surface area contributed by atoms with E-state index in [4.69, 9.17) is 0 Å². The SMILES string of the molecule is C=C(C)N/C(=C\C)C(C)C. The van der Waals surface area contributed by atoms with Crippen LogP contribution in [-0.2, 0) is 0 Å². The summed E-state index contributed by atoms with van der Waals surface area (Å²) in [4.78, 5) is 0. The van der Waals surface area contributed by atoms with Gasteiger partial charge in [-0.1, -0.05) is 26.5 Å². The Balaban J connectivity index is 3.99. The Hall–Kier alpha value is -0.720. The van der Waals surface area contributed by atoms with Crippen LogP contribution in [0, 0.1) is 5.92 Å². The van der Waals surface area contributed by atoms with Crippen molar-refractivity contribution in [3.05, 3.63) is 24.0 Å². The molecule has 0 spiro atoms. The maximum atomic E-state index is 3.77. The summed E-state index contributed by atoms with van der Waals surface area (Å²) in [6.45, 7) is 12.1. The van der Waals surface area contributed by atoms with Crippen LogP contribution in [0.5, 0.6) is 0 Å². The van der Waals surface area contributed by atoms with E-state index in [1.165, 1.54) is 5.70 Å². The molecule has 0 aromatic rings. The Morgan fingerprint density at radius 3 is 2.10 bits per heavy atom. The van der Waals surface area contributed by atoms with Gasteiger partial charge in [0.25, 0.3) is 0 Å². The molecule has 0 aliphatic carbocycles. The lowest BCUT2D eigenvalue weighted by Gasteiger charge is -2.12. The minimum Gasteiger partial charge on any atom is -0.363 e. The Labute approximate surface area is 63.8 Å². The second-order valence-electron chi connectivity index (χ2n) is 2.80. The van der Waals surface area contributed by atoms with E-state index in [0.29, 0.717) is 5.92 Å². The van der Waals surface area contributed by atoms with Crippen molar-refractivity contribution in [1.29, 1.82) is 0 Å². The standard InChI is InChI=1S/C9H17N/c1-6-9(7(2)3)10-8(4)5/h6-7,10H,4H2,1-3,5H3/b9-6-. The predicted octanol–water partition coefficient (Wildman–Crippen LogP) is 2.67. The van der Waals surface area contributed by atoms with Gasteiger partial charge in [0.15, 0.2) is 0 Å². The van der Waals surface area contributed by atoms with Crippen molar-refractivity contribution < 1.29 is 0 Å². The third kappa shape index (κ3) is 3.33. The fourth-order valence-electron chi connectivity index (χ4n) is 0.796. The van der Waals surface area contributed by atoms with Gasteiger partial charge in [-0.3, -0.25) is 0 Å². The lowest BCUT2D eigenvalue weighted by molar-refractivity contribution is 0.698. The molecule has 1 heteroatoms. The van der Waals surface area contributed by atoms with Crippen molar-refractivity contribution in [2.45, 2.75) is 27.7 Å². The monoisotopic (exact) mass is 139 g/mol. The normalized spacial score (nSPS) is 11.9. The van der Waals surface area contributed by atoms with E-state index in [9.17, 15) is 0 Å². The van der Waals surface area contributed by atoms with Crippen LogP contribution >= 0.6 is 0 Å². The van der Waals surface area contributed by atoms with E-state index in [2.05, 4.69) is 31.8 Å². The smallest absolute Gasteiger partial charge is 0.0131 e. The lowest BCUT2D eigenvalue weighted by atomic mass is 10.1. The van der Waals surface area contributed by atoms with Crippen LogP contribution in [0.15, 0.2) is 24.0 Å². The molecule has 0 atom stereocenters. The van der Waals surface area contributed by atoms with Gasteiger partial charge in [0.2, 0.25) is 0 Å². The third-order valence-electron chi connectivity index (χ3n) is 1.29. The van der Waals surface area contributed by atoms with E-state index in [1.807, 2.05) is 13.8 Å². The quantitative estimate of drug-likeness (QED) is 0.634. The van der Waals surface area contributed by atoms with Crippen molar-refractivity contribution in [2.24, 2.45) is 5.92 Å². The average molecular weight is 139 g/mol. The van der Waals surface area contributed by atoms with Crippen LogP contribution in [0.3, 0.4) is 0 Å². The van der Waals surface area contributed by atoms with Gasteiger partial charge in [-0.2, -0.15) is 0 Å². The second kappa shape index (κ2) is 4.15. The molecule has 1 nitrogen and oxygen atoms in total. The molecule has 0 saturated carbocycles. The highest BCUT2D eigenvalue weighted by Crippen LogP contribution is 2.06. The summed E-state index contributed by atoms with van der Waals surface area (Å²) in [6, 6.07) is 0. The summed E-state index contributed by atoms with van der Waals surface area (Å²) in [6.07, 6.45) is 2.08. The topological polar surface area (TPSA) is 12.0 Å². The van der Waals surface area contributed by atoms with E-state index in [1.54, 1.807) is 0 Å². The molecule has 0 aromatic carbocycles. The van der Waals surface area contributed by atoms with Gasteiger partial charge >= 0.3 is 0 Å². The zero-order valence-corrected chi connectivity index (χ0v) is 7.36. The summed E-state index contributed by atoms with van der Waals surface area (Å²) < 4.78 is 0. The largest absolute Gasteiger partial charge is 0.363 e. The Morgan fingerprint density at radius 1 is 1.50 bits per heavy atom. The fraction of sp³-hybridized carbons (Fsp3) is 0.556. The number of nitrogens with one attached hydrogen (secondary N) is 1. The number of allylic oxidation sites excluding steroid dienone is 3. The van der Waals surface area contributed by atoms with Gasteiger partial charge in [-0.15, -0.1) is 0 Å². The Kier molecular flexibility index (Phi) is 3.85. The molecule has 0 aromatic heterocycles. The molecule has 0 rings (SSSR count). The average Bonchev–Trinajstić information content (AvgIpc) is 1.81. The van der Waals surface area contributed by atoms with Gasteiger partial charge in [0, 0.05) is 11.4 Å². The van der Waals surface area contributed by atoms with Crippen molar-refractivity contribution in [3.63, 3.8) is 0 Å². The van der Waals surface area contributed by atoms with Gasteiger partial charge in [-0.05, 0) is 19.8 Å². The highest BCUT2D eigenvalue weighted by atomic mass is 14.9. The summed E-state index contributed by atoms with van der Waals surface area (Å²) in [5, 5.41) is 3.20. The van der Waals surface area contributed by atoms with E-state index in [-0.39, 0.29) is 0 Å². The summed E-state index contributed by atoms with van der Waals surface area (Å²) >= 11 is 0. The molecule has 0 unspecified atom stereocenters. The first-order valence-electron chi connectivity index (χ1n) is 3.66. The molecule has 0 bridgehead atoms. The van der Waals surface area contributed by atoms with E-state index in [0.717, 1.165) is 5.70 Å². The zero-order valence-electron chi connectivity index (χ0n) is 7.36. The van der Waals surface area contributed by atoms with Gasteiger partial charge in [0.1, 0.15) is 0 Å². The Morgan fingerprint density at radius 2 is 2.00 bits per heavy atom. The van der Waals surface area contributed by atoms with Gasteiger partial charge in [0.05, 0.1) is 0 Å². The second-order valence-corrected chi connectivity index (χ2v) is 2.80. The first kappa shape index (κ1) is 9.28. The molecular weight excluding hydrogens is 122 g/mol.